The zero-order valence-corrected chi connectivity index (χ0v) is 24.1. The lowest BCUT2D eigenvalue weighted by Gasteiger charge is -2.40. The van der Waals surface area contributed by atoms with Crippen molar-refractivity contribution in [3.05, 3.63) is 41.3 Å². The summed E-state index contributed by atoms with van der Waals surface area (Å²) in [5.41, 5.74) is 19.8. The summed E-state index contributed by atoms with van der Waals surface area (Å²) in [6.07, 6.45) is 9.50. The van der Waals surface area contributed by atoms with Crippen LogP contribution >= 0.6 is 0 Å². The number of primary amides is 1. The van der Waals surface area contributed by atoms with Crippen LogP contribution in [0.15, 0.2) is 40.8 Å². The number of nitrogens with one attached hydrogen (secondary N) is 2. The van der Waals surface area contributed by atoms with Crippen LogP contribution in [0.3, 0.4) is 0 Å². The molecule has 8 N–H and O–H groups in total. The SMILES string of the molecule is CC1(c2ccc(NC(/N=C(\N)N3CCCCC3)=C(/N)C(N)=O)cc2)CCN(C2CC2)CC1.CN1CCCNC1=O. The molecule has 4 aliphatic rings. The van der Waals surface area contributed by atoms with Crippen LogP contribution in [0, 0.1) is 0 Å². The van der Waals surface area contributed by atoms with Crippen molar-refractivity contribution in [3.8, 4) is 0 Å². The third-order valence-corrected chi connectivity index (χ3v) is 8.53. The molecule has 3 heterocycles. The molecule has 0 unspecified atom stereocenters. The number of benzene rings is 1. The van der Waals surface area contributed by atoms with Crippen molar-refractivity contribution in [2.24, 2.45) is 22.2 Å². The van der Waals surface area contributed by atoms with Crippen LogP contribution in [0.5, 0.6) is 0 Å². The fraction of sp³-hybridized carbons (Fsp3) is 0.621. The van der Waals surface area contributed by atoms with E-state index >= 15 is 0 Å². The molecule has 3 amide bonds. The minimum Gasteiger partial charge on any atom is -0.391 e. The maximum absolute atomic E-state index is 11.7. The first-order chi connectivity index (χ1) is 19.2. The number of nitrogens with zero attached hydrogens (tertiary/aromatic N) is 4. The summed E-state index contributed by atoms with van der Waals surface area (Å²) in [5.74, 6) is -0.186. The molecule has 0 aromatic heterocycles. The zero-order chi connectivity index (χ0) is 28.7. The number of carbonyl (C=O) groups excluding carboxylic acids is 2. The molecule has 0 radical (unpaired) electrons. The summed E-state index contributed by atoms with van der Waals surface area (Å²) in [6.45, 7) is 8.14. The van der Waals surface area contributed by atoms with Gasteiger partial charge in [0, 0.05) is 45.0 Å². The van der Waals surface area contributed by atoms with Gasteiger partial charge in [0.05, 0.1) is 0 Å². The Labute approximate surface area is 238 Å². The second-order valence-electron chi connectivity index (χ2n) is 11.7. The number of likely N-dealkylation sites (tertiary alicyclic amines) is 2. The molecule has 1 aromatic rings. The minimum atomic E-state index is -0.728. The molecule has 4 fully saturated rings. The molecule has 5 rings (SSSR count). The van der Waals surface area contributed by atoms with Gasteiger partial charge in [0.15, 0.2) is 11.8 Å². The normalized spacial score (nSPS) is 22.4. The van der Waals surface area contributed by atoms with Crippen molar-refractivity contribution in [1.29, 1.82) is 0 Å². The van der Waals surface area contributed by atoms with Gasteiger partial charge in [0.2, 0.25) is 0 Å². The van der Waals surface area contributed by atoms with Crippen LogP contribution in [-0.4, -0.2) is 85.0 Å². The molecule has 0 bridgehead atoms. The number of rotatable bonds is 6. The van der Waals surface area contributed by atoms with Crippen LogP contribution in [0.1, 0.15) is 63.9 Å². The number of carbonyl (C=O) groups is 2. The Morgan fingerprint density at radius 1 is 0.975 bits per heavy atom. The maximum Gasteiger partial charge on any atom is 0.317 e. The highest BCUT2D eigenvalue weighted by molar-refractivity contribution is 5.93. The van der Waals surface area contributed by atoms with Gasteiger partial charge in [-0.05, 0) is 87.6 Å². The van der Waals surface area contributed by atoms with Crippen molar-refractivity contribution >= 4 is 23.6 Å². The van der Waals surface area contributed by atoms with Crippen LogP contribution in [0.4, 0.5) is 10.5 Å². The van der Waals surface area contributed by atoms with Crippen molar-refractivity contribution in [2.75, 3.05) is 51.6 Å². The van der Waals surface area contributed by atoms with Gasteiger partial charge in [-0.25, -0.2) is 4.79 Å². The zero-order valence-electron chi connectivity index (χ0n) is 24.1. The topological polar surface area (TPSA) is 158 Å². The molecule has 1 saturated carbocycles. The molecule has 1 aromatic carbocycles. The lowest BCUT2D eigenvalue weighted by molar-refractivity contribution is -0.114. The van der Waals surface area contributed by atoms with Crippen molar-refractivity contribution in [3.63, 3.8) is 0 Å². The standard InChI is InChI=1S/C24H37N7O.C5H10N2O/c1-24(11-15-30(16-12-24)19-9-10-19)17-5-7-18(8-6-17)28-22(20(25)21(26)32)29-23(27)31-13-3-2-4-14-31;1-7-4-2-3-6-5(7)8/h5-8,19,28H,2-4,9-16,25H2,1H3,(H2,26,32)(H2,27,29);2-4H2,1H3,(H,6,8)/b22-20-;. The Hall–Kier alpha value is -3.47. The second kappa shape index (κ2) is 13.3. The quantitative estimate of drug-likeness (QED) is 0.205. The average molecular weight is 554 g/mol. The van der Waals surface area contributed by atoms with E-state index in [4.69, 9.17) is 17.2 Å². The van der Waals surface area contributed by atoms with Gasteiger partial charge >= 0.3 is 6.03 Å². The summed E-state index contributed by atoms with van der Waals surface area (Å²) >= 11 is 0. The highest BCUT2D eigenvalue weighted by atomic mass is 16.2. The van der Waals surface area contributed by atoms with Crippen LogP contribution in [-0.2, 0) is 10.2 Å². The van der Waals surface area contributed by atoms with E-state index in [0.29, 0.717) is 5.96 Å². The first kappa shape index (κ1) is 29.5. The predicted octanol–water partition coefficient (Wildman–Crippen LogP) is 2.06. The summed E-state index contributed by atoms with van der Waals surface area (Å²) in [7, 11) is 1.80. The highest BCUT2D eigenvalue weighted by Crippen LogP contribution is 2.39. The Kier molecular flexibility index (Phi) is 9.78. The molecule has 11 heteroatoms. The van der Waals surface area contributed by atoms with Gasteiger partial charge in [-0.1, -0.05) is 19.1 Å². The van der Waals surface area contributed by atoms with Crippen LogP contribution in [0.2, 0.25) is 0 Å². The Morgan fingerprint density at radius 3 is 2.15 bits per heavy atom. The van der Waals surface area contributed by atoms with Crippen LogP contribution in [0.25, 0.3) is 0 Å². The molecule has 220 valence electrons. The van der Waals surface area contributed by atoms with Gasteiger partial charge in [0.1, 0.15) is 5.70 Å². The third kappa shape index (κ3) is 7.80. The molecule has 0 spiro atoms. The number of anilines is 1. The Morgan fingerprint density at radius 2 is 1.62 bits per heavy atom. The van der Waals surface area contributed by atoms with Gasteiger partial charge in [-0.2, -0.15) is 4.99 Å². The second-order valence-corrected chi connectivity index (χ2v) is 11.7. The molecular weight excluding hydrogens is 506 g/mol. The number of urea groups is 1. The summed E-state index contributed by atoms with van der Waals surface area (Å²) < 4.78 is 0. The number of amides is 3. The summed E-state index contributed by atoms with van der Waals surface area (Å²) in [5, 5.41) is 5.87. The van der Waals surface area contributed by atoms with Crippen molar-refractivity contribution in [2.45, 2.75) is 69.7 Å². The number of aliphatic imine (C=N–C) groups is 1. The predicted molar refractivity (Wildman–Crippen MR) is 159 cm³/mol. The molecule has 1 aliphatic carbocycles. The van der Waals surface area contributed by atoms with E-state index in [1.54, 1.807) is 11.9 Å². The fourth-order valence-electron chi connectivity index (χ4n) is 5.53. The monoisotopic (exact) mass is 553 g/mol. The first-order valence-electron chi connectivity index (χ1n) is 14.7. The maximum atomic E-state index is 11.7. The Bertz CT molecular complexity index is 1080. The number of piperidine rings is 2. The molecule has 40 heavy (non-hydrogen) atoms. The molecule has 0 atom stereocenters. The molecule has 3 aliphatic heterocycles. The lowest BCUT2D eigenvalue weighted by atomic mass is 9.74. The summed E-state index contributed by atoms with van der Waals surface area (Å²) in [6, 6.07) is 9.22. The number of nitrogens with two attached hydrogens (primary N) is 3. The van der Waals surface area contributed by atoms with E-state index in [0.717, 1.165) is 57.2 Å². The van der Waals surface area contributed by atoms with Gasteiger partial charge < -0.3 is 42.5 Å². The number of hydrogen-bond acceptors (Lipinski definition) is 6. The number of hydrogen-bond donors (Lipinski definition) is 5. The van der Waals surface area contributed by atoms with Gasteiger partial charge in [-0.15, -0.1) is 0 Å². The van der Waals surface area contributed by atoms with Gasteiger partial charge in [-0.3, -0.25) is 4.79 Å². The Balaban J connectivity index is 0.000000398. The van der Waals surface area contributed by atoms with E-state index in [-0.39, 0.29) is 23.0 Å². The van der Waals surface area contributed by atoms with E-state index in [2.05, 4.69) is 39.6 Å². The van der Waals surface area contributed by atoms with Crippen LogP contribution < -0.4 is 27.8 Å². The average Bonchev–Trinajstić information content (AvgIpc) is 3.81. The third-order valence-electron chi connectivity index (χ3n) is 8.53. The van der Waals surface area contributed by atoms with E-state index in [9.17, 15) is 9.59 Å². The summed E-state index contributed by atoms with van der Waals surface area (Å²) in [4.78, 5) is 33.1. The first-order valence-corrected chi connectivity index (χ1v) is 14.7. The van der Waals surface area contributed by atoms with E-state index in [1.165, 1.54) is 50.8 Å². The number of guanidine groups is 1. The van der Waals surface area contributed by atoms with Crippen molar-refractivity contribution < 1.29 is 9.59 Å². The minimum absolute atomic E-state index is 0.0521. The largest absolute Gasteiger partial charge is 0.391 e. The van der Waals surface area contributed by atoms with E-state index < -0.39 is 5.91 Å². The molecule has 3 saturated heterocycles. The van der Waals surface area contributed by atoms with E-state index in [1.807, 2.05) is 17.0 Å². The molecule has 11 nitrogen and oxygen atoms in total. The van der Waals surface area contributed by atoms with Crippen molar-refractivity contribution in [1.82, 2.24) is 20.0 Å². The smallest absolute Gasteiger partial charge is 0.317 e. The lowest BCUT2D eigenvalue weighted by Crippen LogP contribution is -2.43. The highest BCUT2D eigenvalue weighted by Gasteiger charge is 2.37. The molecular formula is C29H47N9O2. The fourth-order valence-corrected chi connectivity index (χ4v) is 5.53. The van der Waals surface area contributed by atoms with Gasteiger partial charge in [0.25, 0.3) is 5.91 Å².